The average Bonchev–Trinajstić information content (AvgIpc) is 2.83. The predicted molar refractivity (Wildman–Crippen MR) is 89.7 cm³/mol. The Bertz CT molecular complexity index is 686. The lowest BCUT2D eigenvalue weighted by Crippen LogP contribution is -2.40. The van der Waals surface area contributed by atoms with E-state index in [2.05, 4.69) is 15.9 Å². The van der Waals surface area contributed by atoms with Crippen LogP contribution in [-0.4, -0.2) is 35.6 Å². The highest BCUT2D eigenvalue weighted by molar-refractivity contribution is 9.10. The van der Waals surface area contributed by atoms with Gasteiger partial charge in [-0.1, -0.05) is 15.9 Å². The van der Waals surface area contributed by atoms with Crippen molar-refractivity contribution in [2.45, 2.75) is 12.8 Å². The molecule has 3 rings (SSSR count). The topological polar surface area (TPSA) is 66.6 Å². The molecule has 2 heterocycles. The van der Waals surface area contributed by atoms with E-state index in [-0.39, 0.29) is 18.4 Å². The standard InChI is InChI=1S/C15H17BrN2O2S/c16-10-3-4-12-11(6-10)13(17)14(21-12)15(20)18-5-1-2-9(7-18)8-19/h3-4,6,9,19H,1-2,5,7-8,17H2. The molecule has 1 saturated heterocycles. The summed E-state index contributed by atoms with van der Waals surface area (Å²) >= 11 is 4.88. The van der Waals surface area contributed by atoms with Gasteiger partial charge in [0.05, 0.1) is 5.69 Å². The van der Waals surface area contributed by atoms with Crippen molar-refractivity contribution in [2.24, 2.45) is 5.92 Å². The minimum Gasteiger partial charge on any atom is -0.397 e. The van der Waals surface area contributed by atoms with Crippen LogP contribution in [0, 0.1) is 5.92 Å². The summed E-state index contributed by atoms with van der Waals surface area (Å²) in [6.45, 7) is 1.50. The number of fused-ring (bicyclic) bond motifs is 1. The second-order valence-corrected chi connectivity index (χ2v) is 7.40. The summed E-state index contributed by atoms with van der Waals surface area (Å²) in [5, 5.41) is 10.2. The van der Waals surface area contributed by atoms with E-state index in [1.165, 1.54) is 11.3 Å². The van der Waals surface area contributed by atoms with E-state index < -0.39 is 0 Å². The second kappa shape index (κ2) is 5.94. The second-order valence-electron chi connectivity index (χ2n) is 5.43. The van der Waals surface area contributed by atoms with Crippen molar-refractivity contribution in [1.82, 2.24) is 4.90 Å². The van der Waals surface area contributed by atoms with Gasteiger partial charge in [-0.2, -0.15) is 0 Å². The number of piperidine rings is 1. The van der Waals surface area contributed by atoms with Crippen LogP contribution in [0.5, 0.6) is 0 Å². The molecule has 112 valence electrons. The van der Waals surface area contributed by atoms with Crippen LogP contribution in [0.15, 0.2) is 22.7 Å². The number of hydrogen-bond acceptors (Lipinski definition) is 4. The van der Waals surface area contributed by atoms with Crippen LogP contribution < -0.4 is 5.73 Å². The Labute approximate surface area is 135 Å². The molecule has 3 N–H and O–H groups in total. The molecule has 1 aromatic heterocycles. The molecule has 1 unspecified atom stereocenters. The highest BCUT2D eigenvalue weighted by Gasteiger charge is 2.27. The molecule has 2 aromatic rings. The van der Waals surface area contributed by atoms with Crippen molar-refractivity contribution in [3.05, 3.63) is 27.5 Å². The van der Waals surface area contributed by atoms with Crippen molar-refractivity contribution >= 4 is 48.9 Å². The van der Waals surface area contributed by atoms with Crippen molar-refractivity contribution in [1.29, 1.82) is 0 Å². The van der Waals surface area contributed by atoms with Gasteiger partial charge in [-0.15, -0.1) is 11.3 Å². The Balaban J connectivity index is 1.92. The monoisotopic (exact) mass is 368 g/mol. The van der Waals surface area contributed by atoms with Gasteiger partial charge in [0.25, 0.3) is 5.91 Å². The van der Waals surface area contributed by atoms with Gasteiger partial charge in [-0.3, -0.25) is 4.79 Å². The van der Waals surface area contributed by atoms with E-state index >= 15 is 0 Å². The van der Waals surface area contributed by atoms with Gasteiger partial charge in [-0.05, 0) is 37.0 Å². The van der Waals surface area contributed by atoms with Crippen LogP contribution in [-0.2, 0) is 0 Å². The van der Waals surface area contributed by atoms with Gasteiger partial charge >= 0.3 is 0 Å². The smallest absolute Gasteiger partial charge is 0.266 e. The number of halogens is 1. The first-order valence-electron chi connectivity index (χ1n) is 6.98. The van der Waals surface area contributed by atoms with E-state index in [1.54, 1.807) is 0 Å². The summed E-state index contributed by atoms with van der Waals surface area (Å²) in [4.78, 5) is 15.1. The average molecular weight is 369 g/mol. The number of benzene rings is 1. The van der Waals surface area contributed by atoms with E-state index in [1.807, 2.05) is 23.1 Å². The lowest BCUT2D eigenvalue weighted by molar-refractivity contribution is 0.0626. The first-order chi connectivity index (χ1) is 10.1. The van der Waals surface area contributed by atoms with Gasteiger partial charge in [0.15, 0.2) is 0 Å². The zero-order chi connectivity index (χ0) is 15.0. The number of carbonyl (C=O) groups is 1. The maximum absolute atomic E-state index is 12.7. The van der Waals surface area contributed by atoms with Crippen molar-refractivity contribution in [3.8, 4) is 0 Å². The number of likely N-dealkylation sites (tertiary alicyclic amines) is 1. The number of aliphatic hydroxyl groups is 1. The Morgan fingerprint density at radius 1 is 1.52 bits per heavy atom. The number of anilines is 1. The van der Waals surface area contributed by atoms with Crippen LogP contribution in [0.2, 0.25) is 0 Å². The van der Waals surface area contributed by atoms with Gasteiger partial charge < -0.3 is 15.7 Å². The number of amides is 1. The largest absolute Gasteiger partial charge is 0.397 e. The molecule has 4 nitrogen and oxygen atoms in total. The predicted octanol–water partition coefficient (Wildman–Crippen LogP) is 3.09. The number of nitrogens with two attached hydrogens (primary N) is 1. The Kier molecular flexibility index (Phi) is 4.19. The van der Waals surface area contributed by atoms with E-state index in [4.69, 9.17) is 5.73 Å². The number of nitrogens with zero attached hydrogens (tertiary/aromatic N) is 1. The third-order valence-corrected chi connectivity index (χ3v) is 5.61. The lowest BCUT2D eigenvalue weighted by Gasteiger charge is -2.31. The minimum atomic E-state index is -0.0111. The number of thiophene rings is 1. The quantitative estimate of drug-likeness (QED) is 0.855. The summed E-state index contributed by atoms with van der Waals surface area (Å²) in [6.07, 6.45) is 1.92. The van der Waals surface area contributed by atoms with Crippen LogP contribution in [0.1, 0.15) is 22.5 Å². The SMILES string of the molecule is Nc1c(C(=O)N2CCCC(CO)C2)sc2ccc(Br)cc12. The van der Waals surface area contributed by atoms with Crippen molar-refractivity contribution in [3.63, 3.8) is 0 Å². The van der Waals surface area contributed by atoms with E-state index in [0.29, 0.717) is 17.1 Å². The molecule has 0 spiro atoms. The molecule has 1 atom stereocenters. The van der Waals surface area contributed by atoms with Crippen LogP contribution in [0.3, 0.4) is 0 Å². The van der Waals surface area contributed by atoms with Crippen LogP contribution in [0.25, 0.3) is 10.1 Å². The third-order valence-electron chi connectivity index (χ3n) is 3.95. The molecule has 0 radical (unpaired) electrons. The highest BCUT2D eigenvalue weighted by atomic mass is 79.9. The molecule has 1 fully saturated rings. The number of rotatable bonds is 2. The molecule has 1 aromatic carbocycles. The van der Waals surface area contributed by atoms with E-state index in [0.717, 1.165) is 33.9 Å². The van der Waals surface area contributed by atoms with Gasteiger partial charge in [0.1, 0.15) is 4.88 Å². The van der Waals surface area contributed by atoms with Crippen LogP contribution >= 0.6 is 27.3 Å². The van der Waals surface area contributed by atoms with Gasteiger partial charge in [0.2, 0.25) is 0 Å². The summed E-state index contributed by atoms with van der Waals surface area (Å²) < 4.78 is 1.98. The fraction of sp³-hybridized carbons (Fsp3) is 0.400. The molecule has 0 saturated carbocycles. The molecule has 1 aliphatic heterocycles. The zero-order valence-electron chi connectivity index (χ0n) is 11.5. The van der Waals surface area contributed by atoms with E-state index in [9.17, 15) is 9.90 Å². The number of carbonyl (C=O) groups excluding carboxylic acids is 1. The lowest BCUT2D eigenvalue weighted by atomic mass is 9.99. The fourth-order valence-electron chi connectivity index (χ4n) is 2.79. The molecule has 6 heteroatoms. The normalized spacial score (nSPS) is 19.1. The van der Waals surface area contributed by atoms with Crippen molar-refractivity contribution < 1.29 is 9.90 Å². The highest BCUT2D eigenvalue weighted by Crippen LogP contribution is 2.36. The van der Waals surface area contributed by atoms with Gasteiger partial charge in [0, 0.05) is 34.3 Å². The maximum Gasteiger partial charge on any atom is 0.266 e. The first-order valence-corrected chi connectivity index (χ1v) is 8.58. The zero-order valence-corrected chi connectivity index (χ0v) is 13.9. The molecule has 0 aliphatic carbocycles. The van der Waals surface area contributed by atoms with Crippen LogP contribution in [0.4, 0.5) is 5.69 Å². The fourth-order valence-corrected chi connectivity index (χ4v) is 4.22. The van der Waals surface area contributed by atoms with Gasteiger partial charge in [-0.25, -0.2) is 0 Å². The molecular weight excluding hydrogens is 352 g/mol. The number of hydrogen-bond donors (Lipinski definition) is 2. The summed E-state index contributed by atoms with van der Waals surface area (Å²) in [7, 11) is 0. The summed E-state index contributed by atoms with van der Waals surface area (Å²) in [6, 6.07) is 5.88. The number of aliphatic hydroxyl groups excluding tert-OH is 1. The molecule has 21 heavy (non-hydrogen) atoms. The Hall–Kier alpha value is -1.11. The maximum atomic E-state index is 12.7. The summed E-state index contributed by atoms with van der Waals surface area (Å²) in [5.74, 6) is 0.176. The first kappa shape index (κ1) is 14.8. The summed E-state index contributed by atoms with van der Waals surface area (Å²) in [5.41, 5.74) is 6.74. The third kappa shape index (κ3) is 2.80. The Morgan fingerprint density at radius 2 is 2.33 bits per heavy atom. The Morgan fingerprint density at radius 3 is 3.10 bits per heavy atom. The molecule has 1 amide bonds. The van der Waals surface area contributed by atoms with Crippen molar-refractivity contribution in [2.75, 3.05) is 25.4 Å². The molecule has 0 bridgehead atoms. The minimum absolute atomic E-state index is 0.0111. The molecule has 1 aliphatic rings. The molecular formula is C15H17BrN2O2S. The number of nitrogen functional groups attached to an aromatic ring is 1.